The molecule has 0 aliphatic heterocycles. The third-order valence-corrected chi connectivity index (χ3v) is 7.41. The van der Waals surface area contributed by atoms with E-state index < -0.39 is 17.2 Å². The highest BCUT2D eigenvalue weighted by Crippen LogP contribution is 2.35. The number of nitrogens with zero attached hydrogens (tertiary/aromatic N) is 2. The molecule has 28 heavy (non-hydrogen) atoms. The first-order valence-corrected chi connectivity index (χ1v) is 11.3. The number of hydrogen-bond donors (Lipinski definition) is 2. The highest BCUT2D eigenvalue weighted by molar-refractivity contribution is 8.00. The second-order valence-corrected chi connectivity index (χ2v) is 9.30. The fraction of sp³-hybridized carbons (Fsp3) is 0.333. The maximum Gasteiger partial charge on any atom is 0.318 e. The summed E-state index contributed by atoms with van der Waals surface area (Å²) in [5.41, 5.74) is 5.84. The maximum atomic E-state index is 13.2. The van der Waals surface area contributed by atoms with Crippen molar-refractivity contribution in [3.8, 4) is 10.4 Å². The number of carbonyl (C=O) groups excluding carboxylic acids is 2. The molecule has 3 N–H and O–H groups in total. The van der Waals surface area contributed by atoms with Crippen LogP contribution in [-0.4, -0.2) is 26.7 Å². The van der Waals surface area contributed by atoms with Gasteiger partial charge in [0.25, 0.3) is 5.56 Å². The van der Waals surface area contributed by atoms with Crippen molar-refractivity contribution in [1.29, 1.82) is 0 Å². The first kappa shape index (κ1) is 20.6. The van der Waals surface area contributed by atoms with Gasteiger partial charge >= 0.3 is 6.03 Å². The lowest BCUT2D eigenvalue weighted by Gasteiger charge is -2.20. The van der Waals surface area contributed by atoms with Crippen LogP contribution in [0.5, 0.6) is 0 Å². The van der Waals surface area contributed by atoms with Gasteiger partial charge in [-0.05, 0) is 24.3 Å². The zero-order valence-electron chi connectivity index (χ0n) is 15.6. The first-order chi connectivity index (χ1) is 13.3. The number of rotatable bonds is 6. The Morgan fingerprint density at radius 2 is 2.11 bits per heavy atom. The number of imide groups is 1. The Balaban J connectivity index is 2.08. The summed E-state index contributed by atoms with van der Waals surface area (Å²) in [5.74, 6) is -0.581. The van der Waals surface area contributed by atoms with E-state index in [1.807, 2.05) is 43.7 Å². The molecule has 0 radical (unpaired) electrons. The van der Waals surface area contributed by atoms with Crippen LogP contribution in [0.25, 0.3) is 20.7 Å². The number of thiophene rings is 2. The van der Waals surface area contributed by atoms with Gasteiger partial charge in [-0.2, -0.15) is 0 Å². The number of carbonyl (C=O) groups is 2. The molecule has 148 valence electrons. The number of aromatic nitrogens is 2. The Hall–Kier alpha value is -2.17. The number of thioether (sulfide) groups is 1. The van der Waals surface area contributed by atoms with Crippen LogP contribution in [0, 0.1) is 5.92 Å². The molecule has 3 rings (SSSR count). The minimum atomic E-state index is -0.897. The van der Waals surface area contributed by atoms with E-state index in [-0.39, 0.29) is 11.5 Å². The summed E-state index contributed by atoms with van der Waals surface area (Å²) in [7, 11) is 0. The molecule has 1 unspecified atom stereocenters. The average Bonchev–Trinajstić information content (AvgIpc) is 3.28. The summed E-state index contributed by atoms with van der Waals surface area (Å²) < 4.78 is 1.57. The van der Waals surface area contributed by atoms with Crippen LogP contribution >= 0.6 is 34.4 Å². The fourth-order valence-corrected chi connectivity index (χ4v) is 5.74. The highest BCUT2D eigenvalue weighted by Gasteiger charge is 2.27. The number of amides is 3. The van der Waals surface area contributed by atoms with Crippen LogP contribution in [0.1, 0.15) is 20.8 Å². The number of hydrogen-bond acceptors (Lipinski definition) is 7. The number of urea groups is 1. The first-order valence-electron chi connectivity index (χ1n) is 8.66. The maximum absolute atomic E-state index is 13.2. The Labute approximate surface area is 174 Å². The second kappa shape index (κ2) is 8.46. The molecule has 0 saturated carbocycles. The summed E-state index contributed by atoms with van der Waals surface area (Å²) in [4.78, 5) is 43.0. The standard InChI is InChI=1S/C18H20N4O3S3/c1-4-22-16(24)12-10(11-6-5-7-26-11)8-27-15(12)21-18(22)28-13(9(2)3)14(23)20-17(19)25/h5-9,13H,4H2,1-3H3,(H3,19,20,23,25). The van der Waals surface area contributed by atoms with Crippen LogP contribution in [-0.2, 0) is 11.3 Å². The van der Waals surface area contributed by atoms with Crippen LogP contribution in [0.2, 0.25) is 0 Å². The Bertz CT molecular complexity index is 1070. The number of nitrogens with one attached hydrogen (secondary N) is 1. The van der Waals surface area contributed by atoms with E-state index in [2.05, 4.69) is 10.3 Å². The zero-order chi connectivity index (χ0) is 20.4. The molecule has 3 amide bonds. The van der Waals surface area contributed by atoms with Crippen molar-refractivity contribution in [3.05, 3.63) is 33.2 Å². The van der Waals surface area contributed by atoms with Crippen LogP contribution < -0.4 is 16.6 Å². The summed E-state index contributed by atoms with van der Waals surface area (Å²) in [6.07, 6.45) is 0. The van der Waals surface area contributed by atoms with Crippen molar-refractivity contribution >= 4 is 56.6 Å². The summed E-state index contributed by atoms with van der Waals surface area (Å²) in [5, 5.41) is 6.49. The largest absolute Gasteiger partial charge is 0.351 e. The Kier molecular flexibility index (Phi) is 6.21. The van der Waals surface area contributed by atoms with E-state index in [1.54, 1.807) is 15.9 Å². The number of nitrogens with two attached hydrogens (primary N) is 1. The van der Waals surface area contributed by atoms with E-state index in [0.717, 1.165) is 10.4 Å². The van der Waals surface area contributed by atoms with Gasteiger partial charge in [-0.25, -0.2) is 9.78 Å². The van der Waals surface area contributed by atoms with Gasteiger partial charge in [-0.3, -0.25) is 19.5 Å². The van der Waals surface area contributed by atoms with Crippen LogP contribution in [0.4, 0.5) is 4.79 Å². The molecule has 0 bridgehead atoms. The Morgan fingerprint density at radius 1 is 1.36 bits per heavy atom. The normalized spacial score (nSPS) is 12.4. The monoisotopic (exact) mass is 436 g/mol. The van der Waals surface area contributed by atoms with Gasteiger partial charge in [0.15, 0.2) is 5.16 Å². The lowest BCUT2D eigenvalue weighted by atomic mass is 10.1. The second-order valence-electron chi connectivity index (χ2n) is 6.39. The van der Waals surface area contributed by atoms with Gasteiger partial charge in [0.1, 0.15) is 4.83 Å². The van der Waals surface area contributed by atoms with Gasteiger partial charge in [0.05, 0.1) is 10.6 Å². The molecule has 0 aliphatic carbocycles. The predicted octanol–water partition coefficient (Wildman–Crippen LogP) is 3.52. The molecule has 0 saturated heterocycles. The summed E-state index contributed by atoms with van der Waals surface area (Å²) in [6.45, 7) is 6.02. The van der Waals surface area contributed by atoms with Crippen molar-refractivity contribution in [2.75, 3.05) is 0 Å². The minimum absolute atomic E-state index is 0.0905. The van der Waals surface area contributed by atoms with Crippen molar-refractivity contribution in [1.82, 2.24) is 14.9 Å². The molecule has 0 fully saturated rings. The number of fused-ring (bicyclic) bond motifs is 1. The van der Waals surface area contributed by atoms with Gasteiger partial charge in [-0.15, -0.1) is 22.7 Å². The summed E-state index contributed by atoms with van der Waals surface area (Å²) in [6, 6.07) is 3.03. The fourth-order valence-electron chi connectivity index (χ4n) is 2.79. The van der Waals surface area contributed by atoms with Crippen LogP contribution in [0.15, 0.2) is 32.8 Å². The van der Waals surface area contributed by atoms with E-state index in [4.69, 9.17) is 5.73 Å². The molecule has 7 nitrogen and oxygen atoms in total. The molecule has 0 spiro atoms. The molecular weight excluding hydrogens is 416 g/mol. The topological polar surface area (TPSA) is 107 Å². The van der Waals surface area contributed by atoms with Crippen molar-refractivity contribution in [2.45, 2.75) is 37.7 Å². The van der Waals surface area contributed by atoms with Gasteiger partial charge in [0.2, 0.25) is 5.91 Å². The quantitative estimate of drug-likeness (QED) is 0.454. The van der Waals surface area contributed by atoms with Gasteiger partial charge in [-0.1, -0.05) is 31.7 Å². The third-order valence-electron chi connectivity index (χ3n) is 4.10. The highest BCUT2D eigenvalue weighted by atomic mass is 32.2. The minimum Gasteiger partial charge on any atom is -0.351 e. The van der Waals surface area contributed by atoms with E-state index in [1.165, 1.54) is 23.1 Å². The van der Waals surface area contributed by atoms with E-state index in [0.29, 0.717) is 21.9 Å². The molecular formula is C18H20N4O3S3. The Morgan fingerprint density at radius 3 is 2.68 bits per heavy atom. The van der Waals surface area contributed by atoms with Crippen LogP contribution in [0.3, 0.4) is 0 Å². The lowest BCUT2D eigenvalue weighted by molar-refractivity contribution is -0.120. The summed E-state index contributed by atoms with van der Waals surface area (Å²) >= 11 is 4.16. The molecule has 3 aromatic rings. The number of primary amides is 1. The van der Waals surface area contributed by atoms with Crippen molar-refractivity contribution < 1.29 is 9.59 Å². The molecule has 10 heteroatoms. The van der Waals surface area contributed by atoms with E-state index in [9.17, 15) is 14.4 Å². The third kappa shape index (κ3) is 3.98. The molecule has 0 aromatic carbocycles. The average molecular weight is 437 g/mol. The van der Waals surface area contributed by atoms with E-state index >= 15 is 0 Å². The molecule has 3 aromatic heterocycles. The molecule has 1 atom stereocenters. The van der Waals surface area contributed by atoms with Gasteiger partial charge in [0, 0.05) is 22.4 Å². The molecule has 0 aliphatic rings. The van der Waals surface area contributed by atoms with Crippen molar-refractivity contribution in [3.63, 3.8) is 0 Å². The van der Waals surface area contributed by atoms with Gasteiger partial charge < -0.3 is 5.73 Å². The predicted molar refractivity (Wildman–Crippen MR) is 115 cm³/mol. The SMILES string of the molecule is CCn1c(SC(C(=O)NC(N)=O)C(C)C)nc2scc(-c3cccs3)c2c1=O. The molecule has 3 heterocycles. The van der Waals surface area contributed by atoms with Crippen molar-refractivity contribution in [2.24, 2.45) is 11.7 Å². The lowest BCUT2D eigenvalue weighted by Crippen LogP contribution is -2.42. The smallest absolute Gasteiger partial charge is 0.318 e. The zero-order valence-corrected chi connectivity index (χ0v) is 18.0.